The zero-order valence-electron chi connectivity index (χ0n) is 7.56. The van der Waals surface area contributed by atoms with Crippen molar-refractivity contribution in [1.29, 1.82) is 0 Å². The van der Waals surface area contributed by atoms with Crippen LogP contribution in [0.1, 0.15) is 0 Å². The molecule has 96 valence electrons. The van der Waals surface area contributed by atoms with Gasteiger partial charge in [0.25, 0.3) is 0 Å². The lowest BCUT2D eigenvalue weighted by molar-refractivity contribution is -0.0499. The summed E-state index contributed by atoms with van der Waals surface area (Å²) >= 11 is 10.6. The third-order valence-corrected chi connectivity index (χ3v) is 2.95. The predicted octanol–water partition coefficient (Wildman–Crippen LogP) is 3.36. The first kappa shape index (κ1) is 14.3. The molecule has 1 aromatic carbocycles. The van der Waals surface area contributed by atoms with E-state index < -0.39 is 37.2 Å². The first-order valence-electron chi connectivity index (χ1n) is 3.70. The molecular formula is C7H2Cl2F4O3S. The summed E-state index contributed by atoms with van der Waals surface area (Å²) in [6.45, 7) is 0. The van der Waals surface area contributed by atoms with Crippen LogP contribution >= 0.6 is 23.2 Å². The van der Waals surface area contributed by atoms with Crippen LogP contribution in [0, 0.1) is 5.82 Å². The maximum absolute atomic E-state index is 12.7. The first-order valence-corrected chi connectivity index (χ1v) is 5.86. The Labute approximate surface area is 103 Å². The molecule has 1 aromatic rings. The largest absolute Gasteiger partial charge is 0.534 e. The highest BCUT2D eigenvalue weighted by molar-refractivity contribution is 7.88. The Hall–Kier alpha value is -0.730. The van der Waals surface area contributed by atoms with Gasteiger partial charge in [0.15, 0.2) is 5.75 Å². The molecule has 1 rings (SSSR count). The Morgan fingerprint density at radius 2 is 1.53 bits per heavy atom. The van der Waals surface area contributed by atoms with Crippen LogP contribution in [-0.4, -0.2) is 13.9 Å². The fourth-order valence-electron chi connectivity index (χ4n) is 0.766. The summed E-state index contributed by atoms with van der Waals surface area (Å²) in [4.78, 5) is 0. The van der Waals surface area contributed by atoms with Gasteiger partial charge in [-0.05, 0) is 12.1 Å². The van der Waals surface area contributed by atoms with Gasteiger partial charge in [-0.25, -0.2) is 4.39 Å². The van der Waals surface area contributed by atoms with Crippen molar-refractivity contribution in [1.82, 2.24) is 0 Å². The third-order valence-electron chi connectivity index (χ3n) is 1.44. The van der Waals surface area contributed by atoms with Crippen molar-refractivity contribution in [2.45, 2.75) is 5.51 Å². The Morgan fingerprint density at radius 1 is 1.12 bits per heavy atom. The normalized spacial score (nSPS) is 12.6. The van der Waals surface area contributed by atoms with Crippen molar-refractivity contribution in [2.75, 3.05) is 0 Å². The van der Waals surface area contributed by atoms with Crippen LogP contribution in [0.2, 0.25) is 10.0 Å². The molecule has 0 N–H and O–H groups in total. The molecule has 0 aliphatic heterocycles. The lowest BCUT2D eigenvalue weighted by Crippen LogP contribution is -2.28. The highest BCUT2D eigenvalue weighted by Crippen LogP contribution is 2.37. The Kier molecular flexibility index (Phi) is 3.80. The van der Waals surface area contributed by atoms with Gasteiger partial charge in [0, 0.05) is 0 Å². The number of rotatable bonds is 2. The molecule has 0 saturated carbocycles. The molecule has 0 fully saturated rings. The van der Waals surface area contributed by atoms with Gasteiger partial charge in [-0.2, -0.15) is 21.6 Å². The quantitative estimate of drug-likeness (QED) is 0.478. The summed E-state index contributed by atoms with van der Waals surface area (Å²) in [5, 5.41) is -1.38. The molecule has 0 aliphatic rings. The van der Waals surface area contributed by atoms with E-state index in [0.717, 1.165) is 0 Å². The summed E-state index contributed by atoms with van der Waals surface area (Å²) in [7, 11) is -5.90. The van der Waals surface area contributed by atoms with Crippen molar-refractivity contribution >= 4 is 33.3 Å². The van der Waals surface area contributed by atoms with Gasteiger partial charge in [-0.3, -0.25) is 0 Å². The van der Waals surface area contributed by atoms with E-state index in [4.69, 9.17) is 23.2 Å². The number of hydrogen-bond acceptors (Lipinski definition) is 3. The van der Waals surface area contributed by atoms with Crippen LogP contribution in [0.15, 0.2) is 12.1 Å². The molecule has 10 heteroatoms. The lowest BCUT2D eigenvalue weighted by atomic mass is 10.3. The number of halogens is 6. The van der Waals surface area contributed by atoms with Crippen LogP contribution in [0.4, 0.5) is 17.6 Å². The molecule has 0 aromatic heterocycles. The SMILES string of the molecule is O=S(=O)(Oc1c(Cl)cc(F)cc1Cl)C(F)(F)F. The molecule has 0 radical (unpaired) electrons. The molecule has 0 unspecified atom stereocenters. The second kappa shape index (κ2) is 4.51. The molecule has 17 heavy (non-hydrogen) atoms. The molecule has 0 atom stereocenters. The van der Waals surface area contributed by atoms with Crippen LogP contribution < -0.4 is 4.18 Å². The maximum atomic E-state index is 12.7. The minimum Gasteiger partial charge on any atom is -0.373 e. The van der Waals surface area contributed by atoms with Gasteiger partial charge in [0.05, 0.1) is 10.0 Å². The van der Waals surface area contributed by atoms with E-state index in [0.29, 0.717) is 12.1 Å². The monoisotopic (exact) mass is 312 g/mol. The maximum Gasteiger partial charge on any atom is 0.534 e. The van der Waals surface area contributed by atoms with E-state index in [9.17, 15) is 26.0 Å². The van der Waals surface area contributed by atoms with Gasteiger partial charge in [0.1, 0.15) is 5.82 Å². The summed E-state index contributed by atoms with van der Waals surface area (Å²) in [5.74, 6) is -1.93. The van der Waals surface area contributed by atoms with E-state index >= 15 is 0 Å². The standard InChI is InChI=1S/C7H2Cl2F4O3S/c8-4-1-3(10)2-5(9)6(4)16-17(14,15)7(11,12)13/h1-2H. The van der Waals surface area contributed by atoms with Crippen molar-refractivity contribution < 1.29 is 30.2 Å². The highest BCUT2D eigenvalue weighted by Gasteiger charge is 2.49. The minimum absolute atomic E-state index is 0.564. The average Bonchev–Trinajstić information content (AvgIpc) is 2.09. The van der Waals surface area contributed by atoms with Crippen LogP contribution in [0.3, 0.4) is 0 Å². The third kappa shape index (κ3) is 3.14. The predicted molar refractivity (Wildman–Crippen MR) is 52.0 cm³/mol. The smallest absolute Gasteiger partial charge is 0.373 e. The number of hydrogen-bond donors (Lipinski definition) is 0. The molecule has 0 spiro atoms. The van der Waals surface area contributed by atoms with Gasteiger partial charge < -0.3 is 4.18 Å². The van der Waals surface area contributed by atoms with E-state index in [1.807, 2.05) is 0 Å². The van der Waals surface area contributed by atoms with E-state index in [2.05, 4.69) is 4.18 Å². The van der Waals surface area contributed by atoms with Crippen LogP contribution in [-0.2, 0) is 10.1 Å². The second-order valence-corrected chi connectivity index (χ2v) is 5.03. The Morgan fingerprint density at radius 3 is 1.88 bits per heavy atom. The summed E-state index contributed by atoms with van der Waals surface area (Å²) in [5.41, 5.74) is -5.63. The van der Waals surface area contributed by atoms with Gasteiger partial charge in [0.2, 0.25) is 0 Å². The topological polar surface area (TPSA) is 43.4 Å². The number of benzene rings is 1. The Balaban J connectivity index is 3.22. The minimum atomic E-state index is -5.90. The zero-order valence-corrected chi connectivity index (χ0v) is 9.88. The fourth-order valence-corrected chi connectivity index (χ4v) is 1.89. The van der Waals surface area contributed by atoms with Crippen molar-refractivity contribution in [3.05, 3.63) is 28.0 Å². The first-order chi connectivity index (χ1) is 7.54. The number of alkyl halides is 3. The fraction of sp³-hybridized carbons (Fsp3) is 0.143. The van der Waals surface area contributed by atoms with Crippen molar-refractivity contribution in [3.8, 4) is 5.75 Å². The highest BCUT2D eigenvalue weighted by atomic mass is 35.5. The molecule has 3 nitrogen and oxygen atoms in total. The van der Waals surface area contributed by atoms with Crippen LogP contribution in [0.25, 0.3) is 0 Å². The van der Waals surface area contributed by atoms with Crippen molar-refractivity contribution in [2.24, 2.45) is 0 Å². The molecule has 0 aliphatic carbocycles. The summed E-state index contributed by atoms with van der Waals surface area (Å²) < 4.78 is 73.6. The average molecular weight is 313 g/mol. The lowest BCUT2D eigenvalue weighted by Gasteiger charge is -2.11. The molecule has 0 amide bonds. The van der Waals surface area contributed by atoms with Gasteiger partial charge in [-0.1, -0.05) is 23.2 Å². The van der Waals surface area contributed by atoms with E-state index in [1.54, 1.807) is 0 Å². The summed E-state index contributed by atoms with van der Waals surface area (Å²) in [6.07, 6.45) is 0. The van der Waals surface area contributed by atoms with E-state index in [1.165, 1.54) is 0 Å². The zero-order chi connectivity index (χ0) is 13.4. The molecule has 0 heterocycles. The van der Waals surface area contributed by atoms with E-state index in [-0.39, 0.29) is 0 Å². The van der Waals surface area contributed by atoms with Gasteiger partial charge in [-0.15, -0.1) is 0 Å². The second-order valence-electron chi connectivity index (χ2n) is 2.68. The molecule has 0 bridgehead atoms. The summed E-state index contributed by atoms with van der Waals surface area (Å²) in [6, 6.07) is 1.13. The van der Waals surface area contributed by atoms with Gasteiger partial charge >= 0.3 is 15.6 Å². The molecular weight excluding hydrogens is 311 g/mol. The van der Waals surface area contributed by atoms with Crippen molar-refractivity contribution in [3.63, 3.8) is 0 Å². The molecule has 0 saturated heterocycles. The van der Waals surface area contributed by atoms with Crippen LogP contribution in [0.5, 0.6) is 5.75 Å². The Bertz CT molecular complexity index is 518.